The Hall–Kier alpha value is -1.86. The first-order valence-corrected chi connectivity index (χ1v) is 12.5. The minimum atomic E-state index is -0.384. The Balaban J connectivity index is 1.51. The van der Waals surface area contributed by atoms with Crippen molar-refractivity contribution in [2.45, 2.75) is 70.8 Å². The summed E-state index contributed by atoms with van der Waals surface area (Å²) in [5, 5.41) is 0. The number of carbonyl (C=O) groups excluding carboxylic acids is 2. The van der Waals surface area contributed by atoms with Gasteiger partial charge in [-0.05, 0) is 55.9 Å². The van der Waals surface area contributed by atoms with Crippen LogP contribution >= 0.6 is 24.0 Å². The molecule has 1 amide bonds. The topological polar surface area (TPSA) is 55.8 Å². The number of carbonyl (C=O) groups is 2. The summed E-state index contributed by atoms with van der Waals surface area (Å²) in [7, 11) is 0. The van der Waals surface area contributed by atoms with Crippen LogP contribution in [0.4, 0.5) is 0 Å². The van der Waals surface area contributed by atoms with Crippen LogP contribution in [0.1, 0.15) is 70.3 Å². The van der Waals surface area contributed by atoms with Crippen molar-refractivity contribution in [2.24, 2.45) is 0 Å². The Bertz CT molecular complexity index is 800. The summed E-state index contributed by atoms with van der Waals surface area (Å²) in [6, 6.07) is 7.67. The van der Waals surface area contributed by atoms with Gasteiger partial charge in [0.25, 0.3) is 5.91 Å². The number of rotatable bonds is 10. The monoisotopic (exact) mass is 461 g/mol. The van der Waals surface area contributed by atoms with Gasteiger partial charge in [0.2, 0.25) is 0 Å². The van der Waals surface area contributed by atoms with E-state index in [2.05, 4.69) is 6.92 Å². The highest BCUT2D eigenvalue weighted by atomic mass is 32.2. The quantitative estimate of drug-likeness (QED) is 0.192. The van der Waals surface area contributed by atoms with E-state index in [0.29, 0.717) is 9.23 Å². The fourth-order valence-corrected chi connectivity index (χ4v) is 4.96. The van der Waals surface area contributed by atoms with Crippen molar-refractivity contribution in [3.63, 3.8) is 0 Å². The maximum absolute atomic E-state index is 12.8. The van der Waals surface area contributed by atoms with Crippen LogP contribution in [0, 0.1) is 0 Å². The molecule has 1 aliphatic carbocycles. The first-order valence-electron chi connectivity index (χ1n) is 11.2. The van der Waals surface area contributed by atoms with Crippen molar-refractivity contribution < 1.29 is 19.1 Å². The highest BCUT2D eigenvalue weighted by molar-refractivity contribution is 8.26. The number of thiocarbonyl (C=S) groups is 1. The van der Waals surface area contributed by atoms with Crippen LogP contribution in [0.25, 0.3) is 6.08 Å². The van der Waals surface area contributed by atoms with Gasteiger partial charge >= 0.3 is 5.97 Å². The Morgan fingerprint density at radius 1 is 1.16 bits per heavy atom. The molecule has 1 aromatic carbocycles. The Morgan fingerprint density at radius 2 is 1.90 bits per heavy atom. The molecule has 0 radical (unpaired) electrons. The summed E-state index contributed by atoms with van der Waals surface area (Å²) in [5.74, 6) is 0.198. The molecular weight excluding hydrogens is 430 g/mol. The van der Waals surface area contributed by atoms with Crippen molar-refractivity contribution in [1.29, 1.82) is 0 Å². The molecule has 3 rings (SSSR count). The van der Waals surface area contributed by atoms with Gasteiger partial charge in [-0.2, -0.15) is 0 Å². The lowest BCUT2D eigenvalue weighted by molar-refractivity contribution is -0.152. The van der Waals surface area contributed by atoms with E-state index in [1.54, 1.807) is 6.08 Å². The highest BCUT2D eigenvalue weighted by Gasteiger charge is 2.34. The fourth-order valence-electron chi connectivity index (χ4n) is 3.70. The number of unbranched alkanes of at least 4 members (excludes halogenated alkanes) is 3. The molecule has 31 heavy (non-hydrogen) atoms. The maximum atomic E-state index is 12.8. The summed E-state index contributed by atoms with van der Waals surface area (Å²) in [4.78, 5) is 26.9. The van der Waals surface area contributed by atoms with Gasteiger partial charge in [0.15, 0.2) is 0 Å². The smallest absolute Gasteiger partial charge is 0.326 e. The van der Waals surface area contributed by atoms with Crippen molar-refractivity contribution in [2.75, 3.05) is 13.2 Å². The van der Waals surface area contributed by atoms with Crippen LogP contribution in [-0.4, -0.2) is 40.4 Å². The average molecular weight is 462 g/mol. The molecule has 1 saturated heterocycles. The SMILES string of the molecule is CCCCCCOc1ccc(/C=C2\SC(=S)N(CC(=O)OC3CCCCC3)C2=O)cc1. The molecule has 1 aliphatic heterocycles. The standard InChI is InChI=1S/C24H31NO4S2/c1-2-3-4-8-15-28-19-13-11-18(12-14-19)16-21-23(27)25(24(30)31-21)17-22(26)29-20-9-6-5-7-10-20/h11-14,16,20H,2-10,15,17H2,1H3/b21-16-. The van der Waals surface area contributed by atoms with E-state index < -0.39 is 0 Å². The number of esters is 1. The number of ether oxygens (including phenoxy) is 2. The van der Waals surface area contributed by atoms with E-state index >= 15 is 0 Å². The minimum Gasteiger partial charge on any atom is -0.494 e. The largest absolute Gasteiger partial charge is 0.494 e. The van der Waals surface area contributed by atoms with Crippen LogP contribution in [0.5, 0.6) is 5.75 Å². The Kier molecular flexibility index (Phi) is 9.40. The number of thioether (sulfide) groups is 1. The third kappa shape index (κ3) is 7.35. The number of hydrogen-bond acceptors (Lipinski definition) is 6. The van der Waals surface area contributed by atoms with Crippen LogP contribution in [-0.2, 0) is 14.3 Å². The van der Waals surface area contributed by atoms with Gasteiger partial charge in [-0.15, -0.1) is 0 Å². The molecule has 0 aromatic heterocycles. The van der Waals surface area contributed by atoms with Gasteiger partial charge in [-0.3, -0.25) is 14.5 Å². The Labute approximate surface area is 194 Å². The molecule has 1 saturated carbocycles. The Morgan fingerprint density at radius 3 is 2.61 bits per heavy atom. The normalized spacial score (nSPS) is 18.6. The molecule has 0 atom stereocenters. The maximum Gasteiger partial charge on any atom is 0.326 e. The zero-order chi connectivity index (χ0) is 22.1. The molecule has 0 spiro atoms. The second kappa shape index (κ2) is 12.2. The van der Waals surface area contributed by atoms with Crippen LogP contribution in [0.2, 0.25) is 0 Å². The molecule has 168 valence electrons. The molecule has 0 bridgehead atoms. The molecule has 1 heterocycles. The van der Waals surface area contributed by atoms with Crippen molar-refractivity contribution in [3.8, 4) is 5.75 Å². The molecule has 0 N–H and O–H groups in total. The fraction of sp³-hybridized carbons (Fsp3) is 0.542. The second-order valence-corrected chi connectivity index (χ2v) is 9.67. The zero-order valence-corrected chi connectivity index (χ0v) is 19.8. The van der Waals surface area contributed by atoms with Crippen molar-refractivity contribution in [1.82, 2.24) is 4.90 Å². The van der Waals surface area contributed by atoms with Gasteiger partial charge in [0, 0.05) is 0 Å². The number of amides is 1. The molecule has 5 nitrogen and oxygen atoms in total. The summed E-state index contributed by atoms with van der Waals surface area (Å²) in [6.45, 7) is 2.79. The molecule has 7 heteroatoms. The summed E-state index contributed by atoms with van der Waals surface area (Å²) >= 11 is 6.55. The molecule has 0 unspecified atom stereocenters. The van der Waals surface area contributed by atoms with E-state index in [1.807, 2.05) is 24.3 Å². The van der Waals surface area contributed by atoms with E-state index in [1.165, 1.54) is 42.3 Å². The third-order valence-electron chi connectivity index (χ3n) is 5.46. The van der Waals surface area contributed by atoms with Crippen LogP contribution < -0.4 is 4.74 Å². The lowest BCUT2D eigenvalue weighted by Crippen LogP contribution is -2.36. The summed E-state index contributed by atoms with van der Waals surface area (Å²) < 4.78 is 11.7. The lowest BCUT2D eigenvalue weighted by Gasteiger charge is -2.23. The van der Waals surface area contributed by atoms with Crippen LogP contribution in [0.15, 0.2) is 29.2 Å². The zero-order valence-electron chi connectivity index (χ0n) is 18.1. The third-order valence-corrected chi connectivity index (χ3v) is 6.83. The lowest BCUT2D eigenvalue weighted by atomic mass is 9.98. The van der Waals surface area contributed by atoms with Gasteiger partial charge in [0.05, 0.1) is 11.5 Å². The summed E-state index contributed by atoms with van der Waals surface area (Å²) in [5.41, 5.74) is 0.892. The van der Waals surface area contributed by atoms with Gasteiger partial charge in [-0.25, -0.2) is 0 Å². The summed E-state index contributed by atoms with van der Waals surface area (Å²) in [6.07, 6.45) is 11.6. The van der Waals surface area contributed by atoms with E-state index in [9.17, 15) is 9.59 Å². The van der Waals surface area contributed by atoms with Gasteiger partial charge in [-0.1, -0.05) is 68.7 Å². The first kappa shape index (κ1) is 23.8. The number of nitrogens with zero attached hydrogens (tertiary/aromatic N) is 1. The van der Waals surface area contributed by atoms with E-state index in [4.69, 9.17) is 21.7 Å². The predicted octanol–water partition coefficient (Wildman–Crippen LogP) is 5.72. The van der Waals surface area contributed by atoms with Crippen molar-refractivity contribution in [3.05, 3.63) is 34.7 Å². The second-order valence-electron chi connectivity index (χ2n) is 8.00. The molecule has 2 fully saturated rings. The van der Waals surface area contributed by atoms with Gasteiger partial charge in [0.1, 0.15) is 22.7 Å². The minimum absolute atomic E-state index is 0.0254. The molecular formula is C24H31NO4S2. The highest BCUT2D eigenvalue weighted by Crippen LogP contribution is 2.33. The first-order chi connectivity index (χ1) is 15.1. The predicted molar refractivity (Wildman–Crippen MR) is 129 cm³/mol. The van der Waals surface area contributed by atoms with Crippen molar-refractivity contribution >= 4 is 46.3 Å². The van der Waals surface area contributed by atoms with Gasteiger partial charge < -0.3 is 9.47 Å². The van der Waals surface area contributed by atoms with Crippen LogP contribution in [0.3, 0.4) is 0 Å². The van der Waals surface area contributed by atoms with E-state index in [0.717, 1.165) is 50.0 Å². The van der Waals surface area contributed by atoms with E-state index in [-0.39, 0.29) is 24.5 Å². The molecule has 2 aliphatic rings. The average Bonchev–Trinajstić information content (AvgIpc) is 3.02. The molecule has 1 aromatic rings. The number of hydrogen-bond donors (Lipinski definition) is 0. The number of benzene rings is 1.